The van der Waals surface area contributed by atoms with E-state index in [-0.39, 0.29) is 5.91 Å². The average molecular weight is 407 g/mol. The molecular weight excluding hydrogens is 360 g/mol. The van der Waals surface area contributed by atoms with E-state index in [0.717, 1.165) is 37.9 Å². The minimum absolute atomic E-state index is 0.0969. The average Bonchev–Trinajstić information content (AvgIpc) is 2.68. The lowest BCUT2D eigenvalue weighted by molar-refractivity contribution is -0.121. The van der Waals surface area contributed by atoms with E-state index < -0.39 is 6.04 Å². The topological polar surface area (TPSA) is 70.4 Å². The van der Waals surface area contributed by atoms with Crippen LogP contribution in [0.3, 0.4) is 0 Å². The first-order valence-corrected chi connectivity index (χ1v) is 11.8. The number of hydrogen-bond donors (Lipinski definition) is 3. The number of likely N-dealkylation sites (N-methyl/N-ethyl adjacent to an activating group) is 1. The van der Waals surface area contributed by atoms with E-state index in [2.05, 4.69) is 49.6 Å². The van der Waals surface area contributed by atoms with Gasteiger partial charge in [0.15, 0.2) is 0 Å². The van der Waals surface area contributed by atoms with Crippen LogP contribution in [0.2, 0.25) is 0 Å². The van der Waals surface area contributed by atoms with E-state index in [1.165, 1.54) is 50.5 Å². The predicted molar refractivity (Wildman–Crippen MR) is 125 cm³/mol. The van der Waals surface area contributed by atoms with E-state index in [0.29, 0.717) is 12.6 Å². The molecule has 1 rings (SSSR count). The van der Waals surface area contributed by atoms with Gasteiger partial charge in [-0.2, -0.15) is 0 Å². The van der Waals surface area contributed by atoms with Crippen molar-refractivity contribution >= 4 is 5.91 Å². The smallest absolute Gasteiger partial charge is 0.241 e. The molecule has 1 aliphatic rings. The Morgan fingerprint density at radius 2 is 1.83 bits per heavy atom. The molecule has 29 heavy (non-hydrogen) atoms. The maximum absolute atomic E-state index is 12.5. The molecule has 0 radical (unpaired) electrons. The van der Waals surface area contributed by atoms with E-state index in [1.807, 2.05) is 6.08 Å². The molecule has 1 fully saturated rings. The Morgan fingerprint density at radius 3 is 2.45 bits per heavy atom. The van der Waals surface area contributed by atoms with E-state index in [1.54, 1.807) is 0 Å². The third kappa shape index (κ3) is 12.1. The molecule has 5 heteroatoms. The molecular formula is C24H46N4O. The first kappa shape index (κ1) is 25.7. The van der Waals surface area contributed by atoms with Crippen LogP contribution in [-0.4, -0.2) is 50.1 Å². The highest BCUT2D eigenvalue weighted by molar-refractivity contribution is 5.83. The van der Waals surface area contributed by atoms with Crippen LogP contribution in [0.15, 0.2) is 23.4 Å². The van der Waals surface area contributed by atoms with Gasteiger partial charge in [0.25, 0.3) is 0 Å². The number of allylic oxidation sites excluding steroid dienone is 1. The molecule has 5 nitrogen and oxygen atoms in total. The minimum atomic E-state index is -0.598. The zero-order valence-electron chi connectivity index (χ0n) is 19.4. The molecule has 0 aliphatic heterocycles. The molecule has 0 aromatic carbocycles. The van der Waals surface area contributed by atoms with Crippen LogP contribution in [0, 0.1) is 0 Å². The number of nitrogens with two attached hydrogens (primary N) is 1. The highest BCUT2D eigenvalue weighted by Gasteiger charge is 2.16. The molecule has 0 spiro atoms. The van der Waals surface area contributed by atoms with Gasteiger partial charge in [-0.15, -0.1) is 0 Å². The fourth-order valence-electron chi connectivity index (χ4n) is 3.96. The monoisotopic (exact) mass is 406 g/mol. The van der Waals surface area contributed by atoms with Crippen LogP contribution in [0.25, 0.3) is 0 Å². The number of hydrogen-bond acceptors (Lipinski definition) is 4. The Hall–Kier alpha value is -1.33. The van der Waals surface area contributed by atoms with Crippen molar-refractivity contribution in [2.24, 2.45) is 5.73 Å². The van der Waals surface area contributed by atoms with Crippen molar-refractivity contribution in [3.05, 3.63) is 23.4 Å². The molecule has 0 saturated heterocycles. The zero-order chi connectivity index (χ0) is 21.5. The molecule has 1 unspecified atom stereocenters. The normalized spacial score (nSPS) is 17.4. The van der Waals surface area contributed by atoms with Crippen LogP contribution in [0.1, 0.15) is 84.5 Å². The summed E-state index contributed by atoms with van der Waals surface area (Å²) in [6.07, 6.45) is 17.2. The number of rotatable bonds is 14. The minimum Gasteiger partial charge on any atom is -0.386 e. The quantitative estimate of drug-likeness (QED) is 0.300. The van der Waals surface area contributed by atoms with Crippen molar-refractivity contribution in [1.29, 1.82) is 0 Å². The van der Waals surface area contributed by atoms with Crippen molar-refractivity contribution in [3.8, 4) is 0 Å². The Labute approximate surface area is 179 Å². The van der Waals surface area contributed by atoms with Gasteiger partial charge in [-0.3, -0.25) is 4.79 Å². The van der Waals surface area contributed by atoms with E-state index in [9.17, 15) is 4.79 Å². The Bertz CT molecular complexity index is 507. The van der Waals surface area contributed by atoms with Crippen LogP contribution in [0.5, 0.6) is 0 Å². The molecule has 168 valence electrons. The standard InChI is InChI=1S/C24H46N4O/c1-5-7-9-15-22(27-21-13-10-8-11-14-21)18-23(25)24(29)26-17-16-20(12-6-2)19-28(3)4/h16,18,21,23,27H,5-15,17,19,25H2,1-4H3,(H,26,29)/b20-16+,22-18-. The molecule has 1 aliphatic carbocycles. The number of amides is 1. The highest BCUT2D eigenvalue weighted by atomic mass is 16.2. The summed E-state index contributed by atoms with van der Waals surface area (Å²) >= 11 is 0. The lowest BCUT2D eigenvalue weighted by Crippen LogP contribution is -2.41. The van der Waals surface area contributed by atoms with Gasteiger partial charge in [0.05, 0.1) is 0 Å². The summed E-state index contributed by atoms with van der Waals surface area (Å²) in [5.41, 5.74) is 8.74. The van der Waals surface area contributed by atoms with Crippen molar-refractivity contribution in [2.75, 3.05) is 27.2 Å². The van der Waals surface area contributed by atoms with Crippen molar-refractivity contribution in [2.45, 2.75) is 96.6 Å². The first-order chi connectivity index (χ1) is 14.0. The van der Waals surface area contributed by atoms with Gasteiger partial charge in [-0.1, -0.05) is 64.0 Å². The molecule has 1 amide bonds. The summed E-state index contributed by atoms with van der Waals surface area (Å²) in [5, 5.41) is 6.69. The summed E-state index contributed by atoms with van der Waals surface area (Å²) in [4.78, 5) is 14.7. The molecule has 0 heterocycles. The largest absolute Gasteiger partial charge is 0.386 e. The summed E-state index contributed by atoms with van der Waals surface area (Å²) < 4.78 is 0. The lowest BCUT2D eigenvalue weighted by Gasteiger charge is -2.26. The molecule has 0 bridgehead atoms. The van der Waals surface area contributed by atoms with Gasteiger partial charge in [-0.05, 0) is 52.3 Å². The second kappa shape index (κ2) is 15.5. The van der Waals surface area contributed by atoms with Gasteiger partial charge in [0.1, 0.15) is 6.04 Å². The second-order valence-corrected chi connectivity index (χ2v) is 8.75. The number of carbonyl (C=O) groups is 1. The summed E-state index contributed by atoms with van der Waals surface area (Å²) in [6.45, 7) is 5.88. The fraction of sp³-hybridized carbons (Fsp3) is 0.792. The molecule has 0 aromatic heterocycles. The second-order valence-electron chi connectivity index (χ2n) is 8.75. The van der Waals surface area contributed by atoms with E-state index >= 15 is 0 Å². The number of unbranched alkanes of at least 4 members (excludes halogenated alkanes) is 2. The van der Waals surface area contributed by atoms with Gasteiger partial charge in [0.2, 0.25) is 5.91 Å². The molecule has 4 N–H and O–H groups in total. The third-order valence-corrected chi connectivity index (χ3v) is 5.49. The van der Waals surface area contributed by atoms with Gasteiger partial charge in [-0.25, -0.2) is 0 Å². The summed E-state index contributed by atoms with van der Waals surface area (Å²) in [5.74, 6) is -0.0969. The number of nitrogens with one attached hydrogen (secondary N) is 2. The summed E-state index contributed by atoms with van der Waals surface area (Å²) in [6, 6.07) is -0.0583. The lowest BCUT2D eigenvalue weighted by atomic mass is 9.95. The Kier molecular flexibility index (Phi) is 13.7. The zero-order valence-corrected chi connectivity index (χ0v) is 19.4. The van der Waals surface area contributed by atoms with E-state index in [4.69, 9.17) is 5.73 Å². The van der Waals surface area contributed by atoms with Crippen LogP contribution < -0.4 is 16.4 Å². The van der Waals surface area contributed by atoms with Crippen LogP contribution in [0.4, 0.5) is 0 Å². The van der Waals surface area contributed by atoms with Crippen LogP contribution >= 0.6 is 0 Å². The SMILES string of the molecule is CCCCC/C(=C/C(N)C(=O)NC/C=C(\CCC)CN(C)C)NC1CCCCC1. The van der Waals surface area contributed by atoms with Crippen LogP contribution in [-0.2, 0) is 4.79 Å². The maximum atomic E-state index is 12.5. The van der Waals surface area contributed by atoms with Crippen molar-refractivity contribution < 1.29 is 4.79 Å². The van der Waals surface area contributed by atoms with Gasteiger partial charge in [0, 0.05) is 24.8 Å². The first-order valence-electron chi connectivity index (χ1n) is 11.8. The number of carbonyl (C=O) groups excluding carboxylic acids is 1. The fourth-order valence-corrected chi connectivity index (χ4v) is 3.96. The predicted octanol–water partition coefficient (Wildman–Crippen LogP) is 4.10. The Morgan fingerprint density at radius 1 is 1.10 bits per heavy atom. The Balaban J connectivity index is 2.61. The molecule has 0 aromatic rings. The molecule has 1 saturated carbocycles. The highest BCUT2D eigenvalue weighted by Crippen LogP contribution is 2.20. The van der Waals surface area contributed by atoms with Crippen molar-refractivity contribution in [3.63, 3.8) is 0 Å². The van der Waals surface area contributed by atoms with Gasteiger partial charge >= 0.3 is 0 Å². The van der Waals surface area contributed by atoms with Gasteiger partial charge < -0.3 is 21.3 Å². The maximum Gasteiger partial charge on any atom is 0.241 e. The third-order valence-electron chi connectivity index (χ3n) is 5.49. The van der Waals surface area contributed by atoms with Crippen molar-refractivity contribution in [1.82, 2.24) is 15.5 Å². The summed E-state index contributed by atoms with van der Waals surface area (Å²) in [7, 11) is 4.14. The number of nitrogens with zero attached hydrogens (tertiary/aromatic N) is 1. The molecule has 1 atom stereocenters.